The summed E-state index contributed by atoms with van der Waals surface area (Å²) in [6, 6.07) is 19.2. The zero-order chi connectivity index (χ0) is 16.0. The Kier molecular flexibility index (Phi) is 5.34. The van der Waals surface area contributed by atoms with Gasteiger partial charge < -0.3 is 10.4 Å². The monoisotopic (exact) mass is 297 g/mol. The number of aliphatic hydroxyl groups is 1. The summed E-state index contributed by atoms with van der Waals surface area (Å²) in [4.78, 5) is 11.5. The predicted octanol–water partition coefficient (Wildman–Crippen LogP) is 3.08. The van der Waals surface area contributed by atoms with E-state index in [0.29, 0.717) is 13.0 Å². The summed E-state index contributed by atoms with van der Waals surface area (Å²) in [6.07, 6.45) is 0.446. The Morgan fingerprint density at radius 3 is 1.91 bits per heavy atom. The summed E-state index contributed by atoms with van der Waals surface area (Å²) in [5, 5.41) is 14.3. The summed E-state index contributed by atoms with van der Waals surface area (Å²) >= 11 is 0. The molecule has 2 aromatic rings. The van der Waals surface area contributed by atoms with Gasteiger partial charge in [-0.1, -0.05) is 74.5 Å². The van der Waals surface area contributed by atoms with Gasteiger partial charge in [-0.15, -0.1) is 0 Å². The van der Waals surface area contributed by atoms with Crippen molar-refractivity contribution in [3.63, 3.8) is 0 Å². The summed E-state index contributed by atoms with van der Waals surface area (Å²) in [5.41, 5.74) is 0.530. The van der Waals surface area contributed by atoms with Crippen LogP contribution in [-0.2, 0) is 10.4 Å². The van der Waals surface area contributed by atoms with Crippen molar-refractivity contribution in [2.75, 3.05) is 6.54 Å². The molecule has 0 radical (unpaired) electrons. The van der Waals surface area contributed by atoms with Gasteiger partial charge in [-0.25, -0.2) is 0 Å². The van der Waals surface area contributed by atoms with Gasteiger partial charge in [0, 0.05) is 18.9 Å². The average molecular weight is 297 g/mol. The summed E-state index contributed by atoms with van der Waals surface area (Å²) in [7, 11) is 0. The molecule has 0 aromatic heterocycles. The zero-order valence-corrected chi connectivity index (χ0v) is 13.1. The van der Waals surface area contributed by atoms with E-state index in [1.807, 2.05) is 74.5 Å². The lowest BCUT2D eigenvalue weighted by atomic mass is 9.77. The van der Waals surface area contributed by atoms with Crippen molar-refractivity contribution in [2.45, 2.75) is 25.9 Å². The van der Waals surface area contributed by atoms with E-state index in [0.717, 1.165) is 11.1 Å². The Labute approximate surface area is 132 Å². The van der Waals surface area contributed by atoms with E-state index in [9.17, 15) is 9.90 Å². The first kappa shape index (κ1) is 16.2. The van der Waals surface area contributed by atoms with Gasteiger partial charge in [0.2, 0.25) is 5.91 Å². The molecule has 2 N–H and O–H groups in total. The molecule has 2 rings (SSSR count). The van der Waals surface area contributed by atoms with Crippen molar-refractivity contribution < 1.29 is 9.90 Å². The first-order chi connectivity index (χ1) is 10.6. The molecule has 1 atom stereocenters. The maximum absolute atomic E-state index is 11.5. The summed E-state index contributed by atoms with van der Waals surface area (Å²) in [5.74, 6) is -0.164. The normalized spacial score (nSPS) is 12.7. The van der Waals surface area contributed by atoms with Crippen molar-refractivity contribution in [2.24, 2.45) is 5.92 Å². The topological polar surface area (TPSA) is 49.3 Å². The van der Waals surface area contributed by atoms with Crippen LogP contribution in [0.3, 0.4) is 0 Å². The van der Waals surface area contributed by atoms with Crippen molar-refractivity contribution in [3.8, 4) is 0 Å². The van der Waals surface area contributed by atoms with Crippen LogP contribution in [0.2, 0.25) is 0 Å². The molecule has 0 aliphatic carbocycles. The minimum Gasteiger partial charge on any atom is -0.380 e. The third-order valence-electron chi connectivity index (χ3n) is 4.07. The van der Waals surface area contributed by atoms with Gasteiger partial charge in [-0.05, 0) is 11.1 Å². The molecule has 3 heteroatoms. The van der Waals surface area contributed by atoms with Crippen LogP contribution in [0.15, 0.2) is 60.7 Å². The zero-order valence-electron chi connectivity index (χ0n) is 13.1. The van der Waals surface area contributed by atoms with E-state index in [2.05, 4.69) is 5.32 Å². The highest BCUT2D eigenvalue weighted by Crippen LogP contribution is 2.36. The van der Waals surface area contributed by atoms with Crippen molar-refractivity contribution in [3.05, 3.63) is 71.8 Å². The molecule has 0 aliphatic rings. The van der Waals surface area contributed by atoms with Gasteiger partial charge in [-0.2, -0.15) is 0 Å². The fourth-order valence-electron chi connectivity index (χ4n) is 2.66. The average Bonchev–Trinajstić information content (AvgIpc) is 2.60. The smallest absolute Gasteiger partial charge is 0.219 e. The number of rotatable bonds is 6. The molecule has 0 bridgehead atoms. The van der Waals surface area contributed by atoms with Crippen molar-refractivity contribution >= 4 is 5.91 Å². The number of amides is 1. The minimum absolute atomic E-state index is 0.00433. The molecule has 0 saturated heterocycles. The molecule has 2 aromatic carbocycles. The Morgan fingerprint density at radius 2 is 1.50 bits per heavy atom. The first-order valence-electron chi connectivity index (χ1n) is 7.69. The van der Waals surface area contributed by atoms with Crippen LogP contribution in [0.5, 0.6) is 0 Å². The summed E-state index contributed by atoms with van der Waals surface area (Å²) < 4.78 is 0. The standard InChI is InChI=1S/C19H23NO2/c1-3-18(21)20-14-15(2)19(22,16-10-6-4-7-11-16)17-12-8-5-9-13-17/h4-13,15,22H,3,14H2,1-2H3,(H,20,21)/t15-/m0/s1. The van der Waals surface area contributed by atoms with E-state index in [1.165, 1.54) is 0 Å². The molecule has 0 heterocycles. The van der Waals surface area contributed by atoms with Crippen molar-refractivity contribution in [1.82, 2.24) is 5.32 Å². The highest BCUT2D eigenvalue weighted by molar-refractivity contribution is 5.75. The van der Waals surface area contributed by atoms with Gasteiger partial charge in [0.25, 0.3) is 0 Å². The molecule has 0 fully saturated rings. The third-order valence-corrected chi connectivity index (χ3v) is 4.07. The van der Waals surface area contributed by atoms with Crippen LogP contribution in [0.1, 0.15) is 31.4 Å². The van der Waals surface area contributed by atoms with E-state index in [-0.39, 0.29) is 11.8 Å². The van der Waals surface area contributed by atoms with Crippen LogP contribution in [0, 0.1) is 5.92 Å². The van der Waals surface area contributed by atoms with Crippen LogP contribution in [0.25, 0.3) is 0 Å². The Bertz CT molecular complexity index is 556. The number of hydrogen-bond acceptors (Lipinski definition) is 2. The maximum Gasteiger partial charge on any atom is 0.219 e. The second-order valence-corrected chi connectivity index (χ2v) is 5.56. The summed E-state index contributed by atoms with van der Waals surface area (Å²) in [6.45, 7) is 4.20. The molecule has 0 spiro atoms. The SMILES string of the molecule is CCC(=O)NC[C@H](C)C(O)(c1ccccc1)c1ccccc1. The molecule has 0 unspecified atom stereocenters. The van der Waals surface area contributed by atoms with Gasteiger partial charge in [0.05, 0.1) is 0 Å². The van der Waals surface area contributed by atoms with Crippen molar-refractivity contribution in [1.29, 1.82) is 0 Å². The molecule has 0 aliphatic heterocycles. The second kappa shape index (κ2) is 7.23. The quantitative estimate of drug-likeness (QED) is 0.861. The Hall–Kier alpha value is -2.13. The van der Waals surface area contributed by atoms with E-state index < -0.39 is 5.60 Å². The molecule has 3 nitrogen and oxygen atoms in total. The van der Waals surface area contributed by atoms with E-state index >= 15 is 0 Å². The van der Waals surface area contributed by atoms with Gasteiger partial charge in [0.15, 0.2) is 0 Å². The largest absolute Gasteiger partial charge is 0.380 e. The molecule has 1 amide bonds. The fourth-order valence-corrected chi connectivity index (χ4v) is 2.66. The van der Waals surface area contributed by atoms with Crippen LogP contribution in [0.4, 0.5) is 0 Å². The lowest BCUT2D eigenvalue weighted by Crippen LogP contribution is -2.41. The molecule has 0 saturated carbocycles. The highest BCUT2D eigenvalue weighted by Gasteiger charge is 2.37. The minimum atomic E-state index is -1.14. The second-order valence-electron chi connectivity index (χ2n) is 5.56. The lowest BCUT2D eigenvalue weighted by Gasteiger charge is -2.35. The molecule has 116 valence electrons. The first-order valence-corrected chi connectivity index (χ1v) is 7.69. The highest BCUT2D eigenvalue weighted by atomic mass is 16.3. The lowest BCUT2D eigenvalue weighted by molar-refractivity contribution is -0.121. The van der Waals surface area contributed by atoms with E-state index in [1.54, 1.807) is 0 Å². The Morgan fingerprint density at radius 1 is 1.05 bits per heavy atom. The van der Waals surface area contributed by atoms with Gasteiger partial charge in [0.1, 0.15) is 5.60 Å². The van der Waals surface area contributed by atoms with Gasteiger partial charge in [-0.3, -0.25) is 4.79 Å². The number of hydrogen-bond donors (Lipinski definition) is 2. The fraction of sp³-hybridized carbons (Fsp3) is 0.316. The predicted molar refractivity (Wildman–Crippen MR) is 88.3 cm³/mol. The molecular weight excluding hydrogens is 274 g/mol. The molecular formula is C19H23NO2. The van der Waals surface area contributed by atoms with Gasteiger partial charge >= 0.3 is 0 Å². The van der Waals surface area contributed by atoms with Crippen LogP contribution in [-0.4, -0.2) is 17.6 Å². The number of carbonyl (C=O) groups is 1. The third kappa shape index (κ3) is 3.37. The maximum atomic E-state index is 11.5. The molecule has 22 heavy (non-hydrogen) atoms. The van der Waals surface area contributed by atoms with E-state index in [4.69, 9.17) is 0 Å². The Balaban J connectivity index is 2.36. The van der Waals surface area contributed by atoms with Crippen LogP contribution < -0.4 is 5.32 Å². The number of carbonyl (C=O) groups excluding carboxylic acids is 1. The van der Waals surface area contributed by atoms with Crippen LogP contribution >= 0.6 is 0 Å². The number of benzene rings is 2. The number of nitrogens with one attached hydrogen (secondary N) is 1.